The maximum absolute atomic E-state index is 13.0. The summed E-state index contributed by atoms with van der Waals surface area (Å²) in [6.07, 6.45) is 4.49. The third-order valence-corrected chi connectivity index (χ3v) is 7.11. The predicted octanol–water partition coefficient (Wildman–Crippen LogP) is 2.01. The van der Waals surface area contributed by atoms with Crippen LogP contribution in [0.4, 0.5) is 0 Å². The Kier molecular flexibility index (Phi) is 5.74. The minimum absolute atomic E-state index is 0.197. The van der Waals surface area contributed by atoms with E-state index in [1.165, 1.54) is 0 Å². The highest BCUT2D eigenvalue weighted by Gasteiger charge is 2.35. The molecule has 142 valence electrons. The van der Waals surface area contributed by atoms with Gasteiger partial charge in [-0.3, -0.25) is 4.98 Å². The summed E-state index contributed by atoms with van der Waals surface area (Å²) in [7, 11) is -1.52. The second-order valence-electron chi connectivity index (χ2n) is 6.86. The lowest BCUT2D eigenvalue weighted by Crippen LogP contribution is -2.49. The third-order valence-electron chi connectivity index (χ3n) is 5.00. The van der Waals surface area contributed by atoms with Crippen molar-refractivity contribution in [3.63, 3.8) is 0 Å². The number of piperidine rings is 1. The molecule has 0 aliphatic carbocycles. The van der Waals surface area contributed by atoms with E-state index in [0.717, 1.165) is 31.5 Å². The summed E-state index contributed by atoms with van der Waals surface area (Å²) in [4.78, 5) is 6.81. The molecule has 7 nitrogen and oxygen atoms in total. The van der Waals surface area contributed by atoms with Crippen LogP contribution in [0.3, 0.4) is 0 Å². The van der Waals surface area contributed by atoms with E-state index >= 15 is 0 Å². The van der Waals surface area contributed by atoms with E-state index in [1.54, 1.807) is 24.3 Å². The fourth-order valence-corrected chi connectivity index (χ4v) is 5.30. The average molecular weight is 378 g/mol. The van der Waals surface area contributed by atoms with Crippen molar-refractivity contribution >= 4 is 10.0 Å². The van der Waals surface area contributed by atoms with Crippen LogP contribution in [0.25, 0.3) is 0 Å². The van der Waals surface area contributed by atoms with Crippen LogP contribution in [-0.4, -0.2) is 60.5 Å². The molecular weight excluding hydrogens is 352 g/mol. The summed E-state index contributed by atoms with van der Waals surface area (Å²) in [5, 5.41) is 3.80. The molecule has 0 unspecified atom stereocenters. The zero-order valence-electron chi connectivity index (χ0n) is 15.6. The summed E-state index contributed by atoms with van der Waals surface area (Å²) in [6.45, 7) is 5.19. The van der Waals surface area contributed by atoms with Crippen LogP contribution in [0.15, 0.2) is 33.8 Å². The Morgan fingerprint density at radius 1 is 1.35 bits per heavy atom. The van der Waals surface area contributed by atoms with E-state index in [1.807, 2.05) is 18.2 Å². The van der Waals surface area contributed by atoms with E-state index in [-0.39, 0.29) is 10.9 Å². The highest BCUT2D eigenvalue weighted by molar-refractivity contribution is 7.89. The second kappa shape index (κ2) is 7.85. The van der Waals surface area contributed by atoms with Crippen LogP contribution >= 0.6 is 0 Å². The largest absolute Gasteiger partial charge is 0.360 e. The first-order chi connectivity index (χ1) is 12.4. The molecule has 1 aliphatic heterocycles. The maximum atomic E-state index is 13.0. The van der Waals surface area contributed by atoms with Gasteiger partial charge in [-0.15, -0.1) is 0 Å². The predicted molar refractivity (Wildman–Crippen MR) is 98.3 cm³/mol. The lowest BCUT2D eigenvalue weighted by Gasteiger charge is -2.36. The van der Waals surface area contributed by atoms with Gasteiger partial charge in [-0.1, -0.05) is 11.2 Å². The Bertz CT molecular complexity index is 816. The highest BCUT2D eigenvalue weighted by Crippen LogP contribution is 2.27. The topological polar surface area (TPSA) is 79.5 Å². The Morgan fingerprint density at radius 3 is 2.81 bits per heavy atom. The van der Waals surface area contributed by atoms with Gasteiger partial charge in [-0.25, -0.2) is 8.42 Å². The Hall–Kier alpha value is -1.77. The zero-order valence-corrected chi connectivity index (χ0v) is 16.4. The molecule has 8 heteroatoms. The van der Waals surface area contributed by atoms with Crippen LogP contribution in [0.1, 0.15) is 30.0 Å². The lowest BCUT2D eigenvalue weighted by molar-refractivity contribution is 0.164. The van der Waals surface area contributed by atoms with Gasteiger partial charge in [0.05, 0.1) is 0 Å². The first-order valence-corrected chi connectivity index (χ1v) is 10.4. The van der Waals surface area contributed by atoms with E-state index in [4.69, 9.17) is 4.52 Å². The number of aryl methyl sites for hydroxylation is 2. The first kappa shape index (κ1) is 19.0. The van der Waals surface area contributed by atoms with Crippen LogP contribution in [-0.2, 0) is 16.4 Å². The van der Waals surface area contributed by atoms with Crippen molar-refractivity contribution in [2.24, 2.45) is 0 Å². The molecule has 3 heterocycles. The number of hydrogen-bond donors (Lipinski definition) is 0. The quantitative estimate of drug-likeness (QED) is 0.765. The smallest absolute Gasteiger partial charge is 0.248 e. The van der Waals surface area contributed by atoms with Crippen molar-refractivity contribution in [2.45, 2.75) is 44.0 Å². The molecule has 0 N–H and O–H groups in total. The number of sulfonamides is 1. The highest BCUT2D eigenvalue weighted by atomic mass is 32.2. The zero-order chi connectivity index (χ0) is 18.7. The molecule has 0 aromatic carbocycles. The van der Waals surface area contributed by atoms with E-state index in [9.17, 15) is 8.42 Å². The van der Waals surface area contributed by atoms with Gasteiger partial charge < -0.3 is 9.42 Å². The fraction of sp³-hybridized carbons (Fsp3) is 0.556. The van der Waals surface area contributed by atoms with Gasteiger partial charge in [0.2, 0.25) is 10.0 Å². The van der Waals surface area contributed by atoms with Gasteiger partial charge in [-0.05, 0) is 45.9 Å². The molecular formula is C18H26N4O3S. The molecule has 2 aromatic heterocycles. The number of likely N-dealkylation sites (N-methyl/N-ethyl adjacent to an activating group) is 1. The number of rotatable bonds is 6. The fourth-order valence-electron chi connectivity index (χ4n) is 3.49. The minimum Gasteiger partial charge on any atom is -0.360 e. The summed E-state index contributed by atoms with van der Waals surface area (Å²) in [5.74, 6) is 0.355. The molecule has 1 saturated heterocycles. The summed E-state index contributed by atoms with van der Waals surface area (Å²) >= 11 is 0. The molecule has 0 saturated carbocycles. The third kappa shape index (κ3) is 3.97. The summed E-state index contributed by atoms with van der Waals surface area (Å²) in [6, 6.07) is 6.11. The average Bonchev–Trinajstić information content (AvgIpc) is 2.99. The number of pyridine rings is 1. The molecule has 0 bridgehead atoms. The van der Waals surface area contributed by atoms with E-state index < -0.39 is 10.0 Å². The van der Waals surface area contributed by atoms with Crippen molar-refractivity contribution < 1.29 is 12.9 Å². The number of hydrogen-bond acceptors (Lipinski definition) is 6. The molecule has 1 aliphatic rings. The van der Waals surface area contributed by atoms with E-state index in [0.29, 0.717) is 24.5 Å². The van der Waals surface area contributed by atoms with Crippen LogP contribution in [0.2, 0.25) is 0 Å². The van der Waals surface area contributed by atoms with Crippen molar-refractivity contribution in [2.75, 3.05) is 26.7 Å². The second-order valence-corrected chi connectivity index (χ2v) is 8.74. The van der Waals surface area contributed by atoms with Gasteiger partial charge >= 0.3 is 0 Å². The molecule has 1 atom stereocenters. The van der Waals surface area contributed by atoms with Crippen molar-refractivity contribution in [1.29, 1.82) is 0 Å². The minimum atomic E-state index is -3.58. The Morgan fingerprint density at radius 2 is 2.15 bits per heavy atom. The van der Waals surface area contributed by atoms with Crippen LogP contribution in [0, 0.1) is 13.8 Å². The molecule has 3 rings (SSSR count). The number of nitrogens with zero attached hydrogens (tertiary/aromatic N) is 4. The van der Waals surface area contributed by atoms with Crippen LogP contribution < -0.4 is 0 Å². The van der Waals surface area contributed by atoms with Crippen molar-refractivity contribution in [1.82, 2.24) is 19.3 Å². The van der Waals surface area contributed by atoms with Gasteiger partial charge in [-0.2, -0.15) is 4.31 Å². The molecule has 0 spiro atoms. The number of aromatic nitrogens is 2. The molecule has 26 heavy (non-hydrogen) atoms. The van der Waals surface area contributed by atoms with Gasteiger partial charge in [0.25, 0.3) is 0 Å². The van der Waals surface area contributed by atoms with Gasteiger partial charge in [0, 0.05) is 44.0 Å². The molecule has 1 fully saturated rings. The maximum Gasteiger partial charge on any atom is 0.248 e. The molecule has 0 amide bonds. The molecule has 2 aromatic rings. The van der Waals surface area contributed by atoms with Crippen molar-refractivity contribution in [3.05, 3.63) is 41.5 Å². The van der Waals surface area contributed by atoms with Gasteiger partial charge in [0.1, 0.15) is 10.6 Å². The SMILES string of the molecule is Cc1noc(C)c1S(=O)(=O)N1CCC[C@H](N(C)CCc2ccccn2)C1. The monoisotopic (exact) mass is 378 g/mol. The Balaban J connectivity index is 1.67. The van der Waals surface area contributed by atoms with Gasteiger partial charge in [0.15, 0.2) is 5.76 Å². The van der Waals surface area contributed by atoms with E-state index in [2.05, 4.69) is 22.1 Å². The first-order valence-electron chi connectivity index (χ1n) is 8.92. The summed E-state index contributed by atoms with van der Waals surface area (Å²) < 4.78 is 32.7. The van der Waals surface area contributed by atoms with Crippen LogP contribution in [0.5, 0.6) is 0 Å². The lowest BCUT2D eigenvalue weighted by atomic mass is 10.1. The summed E-state index contributed by atoms with van der Waals surface area (Å²) in [5.41, 5.74) is 1.48. The molecule has 0 radical (unpaired) electrons. The standard InChI is InChI=1S/C18H26N4O3S/c1-14-18(15(2)25-20-14)26(23,24)22-11-6-8-17(13-22)21(3)12-9-16-7-4-5-10-19-16/h4-5,7,10,17H,6,8-9,11-13H2,1-3H3/t17-/m0/s1. The van der Waals surface area contributed by atoms with Crippen molar-refractivity contribution in [3.8, 4) is 0 Å². The Labute approximate surface area is 155 Å². The normalized spacial score (nSPS) is 19.2.